The van der Waals surface area contributed by atoms with Gasteiger partial charge in [-0.25, -0.2) is 19.7 Å². The van der Waals surface area contributed by atoms with Crippen molar-refractivity contribution in [1.82, 2.24) is 15.0 Å². The molecule has 28 heavy (non-hydrogen) atoms. The second-order valence-electron chi connectivity index (χ2n) is 5.23. The number of hydrogen-bond acceptors (Lipinski definition) is 5. The van der Waals surface area contributed by atoms with E-state index in [0.717, 1.165) is 0 Å². The molecule has 152 valence electrons. The van der Waals surface area contributed by atoms with Crippen molar-refractivity contribution in [1.29, 1.82) is 0 Å². The summed E-state index contributed by atoms with van der Waals surface area (Å²) in [5.74, 6) is -0.398. The fraction of sp³-hybridized carbons (Fsp3) is 0.333. The van der Waals surface area contributed by atoms with Crippen molar-refractivity contribution in [2.75, 3.05) is 18.6 Å². The van der Waals surface area contributed by atoms with Gasteiger partial charge >= 0.3 is 6.09 Å². The molecule has 0 fully saturated rings. The molecule has 0 bridgehead atoms. The molecule has 0 aliphatic carbocycles. The Morgan fingerprint density at radius 3 is 2.00 bits per heavy atom. The monoisotopic (exact) mass is 524 g/mol. The van der Waals surface area contributed by atoms with E-state index in [9.17, 15) is 4.79 Å². The highest BCUT2D eigenvalue weighted by Crippen LogP contribution is 2.41. The van der Waals surface area contributed by atoms with Gasteiger partial charge in [-0.3, -0.25) is 4.90 Å². The summed E-state index contributed by atoms with van der Waals surface area (Å²) < 4.78 is 0.990. The van der Waals surface area contributed by atoms with Gasteiger partial charge in [0, 0.05) is 12.6 Å². The number of amides is 1. The zero-order chi connectivity index (χ0) is 21.3. The van der Waals surface area contributed by atoms with Crippen LogP contribution in [0.2, 0.25) is 5.02 Å². The van der Waals surface area contributed by atoms with E-state index in [4.69, 9.17) is 85.9 Å². The average Bonchev–Trinajstić information content (AvgIpc) is 2.59. The van der Waals surface area contributed by atoms with Gasteiger partial charge in [0.15, 0.2) is 17.5 Å². The number of rotatable bonds is 3. The Kier molecular flexibility index (Phi) is 7.76. The third-order valence-electron chi connectivity index (χ3n) is 3.25. The summed E-state index contributed by atoms with van der Waals surface area (Å²) >= 11 is 41.5. The molecule has 0 spiro atoms. The number of alkyl halides is 6. The summed E-state index contributed by atoms with van der Waals surface area (Å²) in [5, 5.41) is 0.222. The SMILES string of the molecule is CCOC(=O)N(C)c1ccc(-c2nc(C(Cl)(Cl)Cl)nc(C(Cl)(Cl)Cl)n2)cc1Cl. The van der Waals surface area contributed by atoms with Crippen LogP contribution in [0.3, 0.4) is 0 Å². The zero-order valence-electron chi connectivity index (χ0n) is 14.2. The molecule has 1 aromatic heterocycles. The van der Waals surface area contributed by atoms with Crippen LogP contribution in [-0.2, 0) is 12.3 Å². The molecule has 0 atom stereocenters. The number of anilines is 1. The van der Waals surface area contributed by atoms with E-state index in [1.807, 2.05) is 0 Å². The van der Waals surface area contributed by atoms with Crippen molar-refractivity contribution in [3.8, 4) is 11.4 Å². The number of ether oxygens (including phenoxy) is 1. The number of hydrogen-bond donors (Lipinski definition) is 0. The molecule has 0 saturated heterocycles. The van der Waals surface area contributed by atoms with Crippen LogP contribution in [0.1, 0.15) is 18.6 Å². The molecule has 0 N–H and O–H groups in total. The molecule has 0 radical (unpaired) electrons. The van der Waals surface area contributed by atoms with E-state index in [-0.39, 0.29) is 29.1 Å². The predicted molar refractivity (Wildman–Crippen MR) is 114 cm³/mol. The first-order valence-corrected chi connectivity index (χ1v) is 10.1. The molecule has 1 amide bonds. The number of aromatic nitrogens is 3. The summed E-state index contributed by atoms with van der Waals surface area (Å²) in [6, 6.07) is 4.67. The third kappa shape index (κ3) is 5.79. The molecular formula is C15H11Cl7N4O2. The van der Waals surface area contributed by atoms with Gasteiger partial charge in [-0.2, -0.15) is 0 Å². The number of nitrogens with zero attached hydrogens (tertiary/aromatic N) is 4. The highest BCUT2D eigenvalue weighted by atomic mass is 35.6. The number of carbonyl (C=O) groups excluding carboxylic acids is 1. The van der Waals surface area contributed by atoms with Crippen LogP contribution < -0.4 is 4.90 Å². The lowest BCUT2D eigenvalue weighted by Gasteiger charge is -2.19. The van der Waals surface area contributed by atoms with Crippen LogP contribution in [0.5, 0.6) is 0 Å². The quantitative estimate of drug-likeness (QED) is 0.430. The van der Waals surface area contributed by atoms with E-state index in [1.54, 1.807) is 19.1 Å². The molecule has 0 saturated carbocycles. The molecule has 13 heteroatoms. The van der Waals surface area contributed by atoms with E-state index >= 15 is 0 Å². The molecule has 2 aromatic rings. The summed E-state index contributed by atoms with van der Waals surface area (Å²) in [6.45, 7) is 1.92. The lowest BCUT2D eigenvalue weighted by Crippen LogP contribution is -2.27. The molecule has 6 nitrogen and oxygen atoms in total. The summed E-state index contributed by atoms with van der Waals surface area (Å²) in [6.07, 6.45) is -0.561. The highest BCUT2D eigenvalue weighted by Gasteiger charge is 2.34. The summed E-state index contributed by atoms with van der Waals surface area (Å²) in [7, 11) is 1.52. The number of carbonyl (C=O) groups is 1. The maximum atomic E-state index is 11.9. The number of halogens is 7. The number of benzene rings is 1. The van der Waals surface area contributed by atoms with E-state index < -0.39 is 13.7 Å². The Balaban J connectivity index is 2.53. The molecule has 0 aliphatic heterocycles. The van der Waals surface area contributed by atoms with Crippen LogP contribution in [0, 0.1) is 0 Å². The van der Waals surface area contributed by atoms with Gasteiger partial charge in [0.2, 0.25) is 7.59 Å². The fourth-order valence-electron chi connectivity index (χ4n) is 2.00. The summed E-state index contributed by atoms with van der Waals surface area (Å²) in [4.78, 5) is 25.3. The Labute approximate surface area is 195 Å². The van der Waals surface area contributed by atoms with E-state index in [2.05, 4.69) is 15.0 Å². The minimum Gasteiger partial charge on any atom is -0.449 e. The Morgan fingerprint density at radius 2 is 1.57 bits per heavy atom. The van der Waals surface area contributed by atoms with Gasteiger partial charge in [0.05, 0.1) is 17.3 Å². The fourth-order valence-corrected chi connectivity index (χ4v) is 2.81. The van der Waals surface area contributed by atoms with E-state index in [1.165, 1.54) is 18.0 Å². The Bertz CT molecular complexity index is 851. The van der Waals surface area contributed by atoms with Gasteiger partial charge in [0.25, 0.3) is 0 Å². The zero-order valence-corrected chi connectivity index (χ0v) is 19.5. The molecule has 1 heterocycles. The first kappa shape index (κ1) is 23.8. The Hall–Kier alpha value is -0.470. The standard InChI is InChI=1S/C15H11Cl7N4O2/c1-3-28-13(27)26(2)9-5-4-7(6-8(9)16)10-23-11(14(17,18)19)25-12(24-10)15(20,21)22/h4-6H,3H2,1-2H3. The van der Waals surface area contributed by atoms with E-state index in [0.29, 0.717) is 11.3 Å². The average molecular weight is 527 g/mol. The van der Waals surface area contributed by atoms with Crippen molar-refractivity contribution in [3.05, 3.63) is 34.9 Å². The maximum absolute atomic E-state index is 11.9. The van der Waals surface area contributed by atoms with Crippen LogP contribution in [-0.4, -0.2) is 34.7 Å². The topological polar surface area (TPSA) is 68.2 Å². The highest BCUT2D eigenvalue weighted by molar-refractivity contribution is 6.67. The lowest BCUT2D eigenvalue weighted by atomic mass is 10.2. The molecule has 0 unspecified atom stereocenters. The van der Waals surface area contributed by atoms with Crippen molar-refractivity contribution < 1.29 is 9.53 Å². The normalized spacial score (nSPS) is 12.0. The largest absolute Gasteiger partial charge is 0.449 e. The molecule has 1 aromatic carbocycles. The van der Waals surface area contributed by atoms with Gasteiger partial charge < -0.3 is 4.74 Å². The van der Waals surface area contributed by atoms with Crippen molar-refractivity contribution in [2.24, 2.45) is 0 Å². The minimum atomic E-state index is -1.98. The van der Waals surface area contributed by atoms with Crippen molar-refractivity contribution >= 4 is 93.0 Å². The minimum absolute atomic E-state index is 0.0601. The smallest absolute Gasteiger partial charge is 0.414 e. The molecule has 0 aliphatic rings. The van der Waals surface area contributed by atoms with Gasteiger partial charge in [-0.15, -0.1) is 0 Å². The van der Waals surface area contributed by atoms with Crippen LogP contribution in [0.15, 0.2) is 18.2 Å². The third-order valence-corrected chi connectivity index (χ3v) is 4.57. The molecular weight excluding hydrogens is 516 g/mol. The lowest BCUT2D eigenvalue weighted by molar-refractivity contribution is 0.161. The van der Waals surface area contributed by atoms with Gasteiger partial charge in [-0.1, -0.05) is 81.2 Å². The summed E-state index contributed by atoms with van der Waals surface area (Å²) in [5.41, 5.74) is 0.820. The van der Waals surface area contributed by atoms with Crippen LogP contribution >= 0.6 is 81.2 Å². The van der Waals surface area contributed by atoms with Gasteiger partial charge in [0.1, 0.15) is 0 Å². The van der Waals surface area contributed by atoms with Crippen LogP contribution in [0.4, 0.5) is 10.5 Å². The maximum Gasteiger partial charge on any atom is 0.414 e. The second kappa shape index (κ2) is 9.13. The first-order valence-electron chi connectivity index (χ1n) is 7.45. The predicted octanol–water partition coefficient (Wildman–Crippen LogP) is 6.44. The second-order valence-corrected chi connectivity index (χ2v) is 10.2. The van der Waals surface area contributed by atoms with Gasteiger partial charge in [-0.05, 0) is 25.1 Å². The van der Waals surface area contributed by atoms with Crippen molar-refractivity contribution in [3.63, 3.8) is 0 Å². The van der Waals surface area contributed by atoms with Crippen molar-refractivity contribution in [2.45, 2.75) is 14.5 Å². The molecule has 2 rings (SSSR count). The Morgan fingerprint density at radius 1 is 1.04 bits per heavy atom. The first-order chi connectivity index (χ1) is 12.8. The van der Waals surface area contributed by atoms with Crippen LogP contribution in [0.25, 0.3) is 11.4 Å².